The van der Waals surface area contributed by atoms with E-state index in [1.54, 1.807) is 12.3 Å². The third-order valence-corrected chi connectivity index (χ3v) is 4.57. The van der Waals surface area contributed by atoms with Crippen molar-refractivity contribution in [2.45, 2.75) is 32.5 Å². The van der Waals surface area contributed by atoms with Crippen LogP contribution in [0.1, 0.15) is 27.5 Å². The number of rotatable bonds is 5. The molecule has 2 N–H and O–H groups in total. The number of hydrogen-bond acceptors (Lipinski definition) is 6. The van der Waals surface area contributed by atoms with Crippen molar-refractivity contribution in [2.24, 2.45) is 5.73 Å². The molecule has 3 rings (SSSR count). The van der Waals surface area contributed by atoms with E-state index in [4.69, 9.17) is 10.5 Å². The summed E-state index contributed by atoms with van der Waals surface area (Å²) < 4.78 is 34.3. The van der Waals surface area contributed by atoms with Gasteiger partial charge in [0.2, 0.25) is 5.88 Å². The number of halogens is 2. The van der Waals surface area contributed by atoms with Gasteiger partial charge in [0.25, 0.3) is 5.91 Å². The van der Waals surface area contributed by atoms with Crippen molar-refractivity contribution >= 4 is 17.2 Å². The Bertz CT molecular complexity index is 766. The first kappa shape index (κ1) is 16.7. The smallest absolute Gasteiger partial charge is 0.345 e. The fourth-order valence-electron chi connectivity index (χ4n) is 2.54. The molecule has 1 amide bonds. The minimum atomic E-state index is -2.85. The lowest BCUT2D eigenvalue weighted by molar-refractivity contribution is -0.146. The number of hydrogen-bond donors (Lipinski definition) is 1. The summed E-state index contributed by atoms with van der Waals surface area (Å²) in [5.74, 6) is -0.448. The zero-order valence-corrected chi connectivity index (χ0v) is 13.6. The zero-order valence-electron chi connectivity index (χ0n) is 12.8. The maximum Gasteiger partial charge on any atom is 0.345 e. The van der Waals surface area contributed by atoms with Crippen LogP contribution in [0.2, 0.25) is 0 Å². The number of primary amides is 1. The number of pyridine rings is 1. The van der Waals surface area contributed by atoms with Gasteiger partial charge >= 0.3 is 6.61 Å². The first-order valence-electron chi connectivity index (χ1n) is 7.27. The van der Waals surface area contributed by atoms with Crippen molar-refractivity contribution in [2.75, 3.05) is 6.61 Å². The molecule has 1 atom stereocenters. The number of nitrogens with two attached hydrogens (primary N) is 1. The predicted octanol–water partition coefficient (Wildman–Crippen LogP) is 2.55. The lowest BCUT2D eigenvalue weighted by Crippen LogP contribution is -2.30. The number of carbonyl (C=O) groups is 1. The van der Waals surface area contributed by atoms with E-state index < -0.39 is 18.6 Å². The second kappa shape index (κ2) is 6.78. The molecule has 0 spiro atoms. The summed E-state index contributed by atoms with van der Waals surface area (Å²) in [6, 6.07) is 1.62. The number of fused-ring (bicyclic) bond motifs is 1. The Labute approximate surface area is 140 Å². The Kier molecular flexibility index (Phi) is 4.72. The number of carbonyl (C=O) groups excluding carboxylic acids is 1. The predicted molar refractivity (Wildman–Crippen MR) is 83.3 cm³/mol. The van der Waals surface area contributed by atoms with Gasteiger partial charge in [-0.1, -0.05) is 0 Å². The monoisotopic (exact) mass is 355 g/mol. The molecular weight excluding hydrogens is 340 g/mol. The van der Waals surface area contributed by atoms with Crippen LogP contribution in [0.4, 0.5) is 8.78 Å². The third kappa shape index (κ3) is 3.51. The van der Waals surface area contributed by atoms with Gasteiger partial charge in [-0.05, 0) is 25.8 Å². The van der Waals surface area contributed by atoms with E-state index in [-0.39, 0.29) is 18.2 Å². The van der Waals surface area contributed by atoms with Crippen molar-refractivity contribution < 1.29 is 23.0 Å². The molecule has 0 fully saturated rings. The van der Waals surface area contributed by atoms with E-state index in [0.717, 1.165) is 21.0 Å². The first-order chi connectivity index (χ1) is 11.4. The summed E-state index contributed by atoms with van der Waals surface area (Å²) in [6.07, 6.45) is 2.26. The minimum absolute atomic E-state index is 0.0604. The highest BCUT2D eigenvalue weighted by atomic mass is 32.1. The van der Waals surface area contributed by atoms with Crippen molar-refractivity contribution in [1.82, 2.24) is 9.97 Å². The van der Waals surface area contributed by atoms with Crippen LogP contribution in [0.15, 0.2) is 12.3 Å². The SMILES string of the molecule is Cc1ncc(-c2cc(C(N)=O)nc3c2CCC(COC(F)F)O3)s1. The molecule has 1 aliphatic heterocycles. The van der Waals surface area contributed by atoms with E-state index >= 15 is 0 Å². The van der Waals surface area contributed by atoms with Gasteiger partial charge in [0, 0.05) is 17.3 Å². The van der Waals surface area contributed by atoms with Crippen LogP contribution in [-0.2, 0) is 11.2 Å². The molecule has 0 aliphatic carbocycles. The van der Waals surface area contributed by atoms with Crippen molar-refractivity contribution in [1.29, 1.82) is 0 Å². The molecule has 0 radical (unpaired) electrons. The number of thiazole rings is 1. The van der Waals surface area contributed by atoms with Crippen LogP contribution >= 0.6 is 11.3 Å². The molecule has 24 heavy (non-hydrogen) atoms. The van der Waals surface area contributed by atoms with E-state index in [9.17, 15) is 13.6 Å². The lowest BCUT2D eigenvalue weighted by Gasteiger charge is -2.26. The molecule has 6 nitrogen and oxygen atoms in total. The summed E-state index contributed by atoms with van der Waals surface area (Å²) in [4.78, 5) is 20.8. The average Bonchev–Trinajstić information content (AvgIpc) is 2.97. The molecule has 2 aromatic rings. The highest BCUT2D eigenvalue weighted by molar-refractivity contribution is 7.15. The summed E-state index contributed by atoms with van der Waals surface area (Å²) in [6.45, 7) is -1.21. The number of ether oxygens (including phenoxy) is 2. The Morgan fingerprint density at radius 1 is 1.58 bits per heavy atom. The van der Waals surface area contributed by atoms with Crippen LogP contribution in [0.5, 0.6) is 5.88 Å². The van der Waals surface area contributed by atoms with Gasteiger partial charge in [0.15, 0.2) is 0 Å². The third-order valence-electron chi connectivity index (χ3n) is 3.63. The summed E-state index contributed by atoms with van der Waals surface area (Å²) in [5.41, 5.74) is 7.00. The first-order valence-corrected chi connectivity index (χ1v) is 8.08. The fourth-order valence-corrected chi connectivity index (χ4v) is 3.36. The van der Waals surface area contributed by atoms with E-state index in [1.165, 1.54) is 11.3 Å². The van der Waals surface area contributed by atoms with Crippen molar-refractivity contribution in [3.05, 3.63) is 28.5 Å². The molecule has 1 unspecified atom stereocenters. The second-order valence-corrected chi connectivity index (χ2v) is 6.55. The number of aromatic nitrogens is 2. The van der Waals surface area contributed by atoms with Gasteiger partial charge in [-0.15, -0.1) is 11.3 Å². The highest BCUT2D eigenvalue weighted by Crippen LogP contribution is 2.37. The Morgan fingerprint density at radius 3 is 3.00 bits per heavy atom. The van der Waals surface area contributed by atoms with E-state index in [1.807, 2.05) is 6.92 Å². The molecule has 0 saturated carbocycles. The normalized spacial score (nSPS) is 16.8. The Balaban J connectivity index is 1.96. The number of amides is 1. The molecule has 3 heterocycles. The van der Waals surface area contributed by atoms with Gasteiger partial charge in [0.1, 0.15) is 11.8 Å². The van der Waals surface area contributed by atoms with Gasteiger partial charge < -0.3 is 15.2 Å². The lowest BCUT2D eigenvalue weighted by atomic mass is 9.98. The van der Waals surface area contributed by atoms with Gasteiger partial charge in [-0.2, -0.15) is 8.78 Å². The van der Waals surface area contributed by atoms with Crippen LogP contribution in [-0.4, -0.2) is 35.2 Å². The average molecular weight is 355 g/mol. The molecule has 9 heteroatoms. The number of nitrogens with zero attached hydrogens (tertiary/aromatic N) is 2. The standard InChI is InChI=1S/C15H15F2N3O3S/c1-7-19-5-12(24-7)10-4-11(13(18)21)20-14-9(10)3-2-8(23-14)6-22-15(16)17/h4-5,8,15H,2-3,6H2,1H3,(H2,18,21). The second-order valence-electron chi connectivity index (χ2n) is 5.32. The van der Waals surface area contributed by atoms with Gasteiger partial charge in [-0.3, -0.25) is 4.79 Å². The molecule has 2 aromatic heterocycles. The van der Waals surface area contributed by atoms with Gasteiger partial charge in [0.05, 0.1) is 16.5 Å². The zero-order chi connectivity index (χ0) is 17.3. The van der Waals surface area contributed by atoms with Crippen molar-refractivity contribution in [3.63, 3.8) is 0 Å². The van der Waals surface area contributed by atoms with E-state index in [2.05, 4.69) is 14.7 Å². The molecule has 0 bridgehead atoms. The van der Waals surface area contributed by atoms with Crippen molar-refractivity contribution in [3.8, 4) is 16.3 Å². The summed E-state index contributed by atoms with van der Waals surface area (Å²) in [5, 5.41) is 0.885. The maximum absolute atomic E-state index is 12.2. The largest absolute Gasteiger partial charge is 0.472 e. The van der Waals surface area contributed by atoms with Crippen LogP contribution in [0, 0.1) is 6.92 Å². The molecular formula is C15H15F2N3O3S. The summed E-state index contributed by atoms with van der Waals surface area (Å²) >= 11 is 1.48. The maximum atomic E-state index is 12.2. The van der Waals surface area contributed by atoms with E-state index in [0.29, 0.717) is 12.8 Å². The number of alkyl halides is 2. The van der Waals surface area contributed by atoms with Crippen LogP contribution in [0.25, 0.3) is 10.4 Å². The fraction of sp³-hybridized carbons (Fsp3) is 0.400. The van der Waals surface area contributed by atoms with Crippen LogP contribution in [0.3, 0.4) is 0 Å². The Morgan fingerprint density at radius 2 is 2.38 bits per heavy atom. The van der Waals surface area contributed by atoms with Gasteiger partial charge in [-0.25, -0.2) is 9.97 Å². The highest BCUT2D eigenvalue weighted by Gasteiger charge is 2.27. The number of aryl methyl sites for hydroxylation is 1. The minimum Gasteiger partial charge on any atom is -0.472 e. The molecule has 0 aromatic carbocycles. The molecule has 1 aliphatic rings. The molecule has 128 valence electrons. The molecule has 0 saturated heterocycles. The van der Waals surface area contributed by atoms with Crippen LogP contribution < -0.4 is 10.5 Å². The quantitative estimate of drug-likeness (QED) is 0.891. The summed E-state index contributed by atoms with van der Waals surface area (Å²) in [7, 11) is 0. The topological polar surface area (TPSA) is 87.3 Å². The Hall–Kier alpha value is -2.13.